The van der Waals surface area contributed by atoms with Crippen molar-refractivity contribution in [2.75, 3.05) is 5.32 Å². The predicted octanol–water partition coefficient (Wildman–Crippen LogP) is 3.58. The van der Waals surface area contributed by atoms with Gasteiger partial charge in [-0.15, -0.1) is 0 Å². The van der Waals surface area contributed by atoms with Crippen LogP contribution in [0.5, 0.6) is 0 Å². The Bertz CT molecular complexity index is 2630. The van der Waals surface area contributed by atoms with Crippen molar-refractivity contribution in [2.24, 2.45) is 0 Å². The second kappa shape index (κ2) is 11.5. The molecule has 1 aliphatic rings. The van der Waals surface area contributed by atoms with Crippen molar-refractivity contribution in [2.45, 2.75) is 21.3 Å². The molecule has 0 atom stereocenters. The SMILES string of the molecule is O=C(OCc1cccc(S(=O)(=O)O)c1)c1c2c3c(c(Nc4ccccc4S(=O)(=O)O)cc(S(=O)(=O)O)c3[nH]c1=O)C(=O)c1ccccc1-2. The van der Waals surface area contributed by atoms with Crippen LogP contribution in [0.4, 0.5) is 11.4 Å². The van der Waals surface area contributed by atoms with E-state index in [2.05, 4.69) is 10.3 Å². The molecule has 5 aromatic rings. The third-order valence-corrected chi connectivity index (χ3v) is 10.0. The summed E-state index contributed by atoms with van der Waals surface area (Å²) in [5.41, 5.74) is -3.59. The number of pyridine rings is 1. The molecule has 0 amide bonds. The average molecular weight is 713 g/mol. The highest BCUT2D eigenvalue weighted by Crippen LogP contribution is 2.45. The van der Waals surface area contributed by atoms with Crippen molar-refractivity contribution in [3.63, 3.8) is 0 Å². The Morgan fingerprint density at radius 1 is 0.708 bits per heavy atom. The third-order valence-electron chi connectivity index (χ3n) is 7.41. The van der Waals surface area contributed by atoms with Crippen molar-refractivity contribution in [3.05, 3.63) is 111 Å². The second-order valence-electron chi connectivity index (χ2n) is 10.4. The van der Waals surface area contributed by atoms with Gasteiger partial charge in [0.15, 0.2) is 5.78 Å². The van der Waals surface area contributed by atoms with Gasteiger partial charge in [0.05, 0.1) is 27.4 Å². The number of benzene rings is 4. The number of H-pyrrole nitrogens is 1. The number of fused-ring (bicyclic) bond motifs is 2. The molecule has 0 spiro atoms. The van der Waals surface area contributed by atoms with Crippen molar-refractivity contribution >= 4 is 64.4 Å². The molecule has 0 saturated carbocycles. The van der Waals surface area contributed by atoms with Crippen molar-refractivity contribution in [1.29, 1.82) is 0 Å². The lowest BCUT2D eigenvalue weighted by Crippen LogP contribution is -2.26. The number of esters is 1. The lowest BCUT2D eigenvalue weighted by Gasteiger charge is -2.25. The minimum atomic E-state index is -5.18. The number of nitrogens with one attached hydrogen (secondary N) is 2. The number of rotatable bonds is 8. The first-order valence-electron chi connectivity index (χ1n) is 13.4. The first-order valence-corrected chi connectivity index (χ1v) is 17.7. The van der Waals surface area contributed by atoms with Gasteiger partial charge in [-0.1, -0.05) is 48.5 Å². The van der Waals surface area contributed by atoms with E-state index in [0.29, 0.717) is 0 Å². The molecule has 5 N–H and O–H groups in total. The summed E-state index contributed by atoms with van der Waals surface area (Å²) >= 11 is 0. The summed E-state index contributed by atoms with van der Waals surface area (Å²) in [6, 6.07) is 16.2. The van der Waals surface area contributed by atoms with Gasteiger partial charge in [-0.3, -0.25) is 23.2 Å². The summed E-state index contributed by atoms with van der Waals surface area (Å²) in [5.74, 6) is -2.02. The van der Waals surface area contributed by atoms with E-state index in [-0.39, 0.29) is 44.6 Å². The van der Waals surface area contributed by atoms with Crippen LogP contribution >= 0.6 is 0 Å². The molecule has 18 heteroatoms. The van der Waals surface area contributed by atoms with Crippen LogP contribution in [0.2, 0.25) is 0 Å². The molecule has 1 aromatic heterocycles. The Balaban J connectivity index is 1.63. The number of hydrogen-bond donors (Lipinski definition) is 5. The van der Waals surface area contributed by atoms with E-state index in [1.807, 2.05) is 0 Å². The van der Waals surface area contributed by atoms with Gasteiger partial charge in [-0.05, 0) is 41.5 Å². The standard InChI is InChI=1S/C30H20N2O13S3/c33-28-18-9-2-1-8-17(18)23-25-24(28)20(31-19-10-3-4-11-21(19)47(39,40)41)13-22(48(42,43)44)27(25)32-29(34)26(23)30(35)45-14-15-6-5-7-16(12-15)46(36,37)38/h1-13,31H,14H2,(H,32,34)(H,36,37,38)(H,39,40,41)(H,42,43,44). The minimum Gasteiger partial charge on any atom is -0.457 e. The number of ketones is 1. The fourth-order valence-electron chi connectivity index (χ4n) is 5.44. The van der Waals surface area contributed by atoms with Crippen LogP contribution < -0.4 is 10.9 Å². The van der Waals surface area contributed by atoms with E-state index < -0.39 is 80.0 Å². The maximum atomic E-state index is 14.0. The van der Waals surface area contributed by atoms with E-state index in [1.165, 1.54) is 54.6 Å². The van der Waals surface area contributed by atoms with Crippen LogP contribution in [0, 0.1) is 0 Å². The number of aromatic amines is 1. The van der Waals surface area contributed by atoms with E-state index in [1.54, 1.807) is 0 Å². The molecule has 0 radical (unpaired) electrons. The van der Waals surface area contributed by atoms with Crippen molar-refractivity contribution in [1.82, 2.24) is 4.98 Å². The largest absolute Gasteiger partial charge is 0.457 e. The molecule has 246 valence electrons. The maximum Gasteiger partial charge on any atom is 0.344 e. The average Bonchev–Trinajstić information content (AvgIpc) is 3.01. The summed E-state index contributed by atoms with van der Waals surface area (Å²) in [4.78, 5) is 41.4. The highest BCUT2D eigenvalue weighted by atomic mass is 32.2. The molecule has 4 aromatic carbocycles. The number of carbonyl (C=O) groups is 2. The fourth-order valence-corrected chi connectivity index (χ4v) is 7.32. The van der Waals surface area contributed by atoms with E-state index in [9.17, 15) is 53.3 Å². The zero-order chi connectivity index (χ0) is 34.8. The lowest BCUT2D eigenvalue weighted by molar-refractivity contribution is 0.0471. The summed E-state index contributed by atoms with van der Waals surface area (Å²) in [6.07, 6.45) is 0. The highest BCUT2D eigenvalue weighted by Gasteiger charge is 2.36. The van der Waals surface area contributed by atoms with E-state index in [4.69, 9.17) is 4.74 Å². The van der Waals surface area contributed by atoms with Crippen LogP contribution in [0.25, 0.3) is 22.0 Å². The Labute approximate surface area is 271 Å². The van der Waals surface area contributed by atoms with Gasteiger partial charge in [-0.25, -0.2) is 4.79 Å². The van der Waals surface area contributed by atoms with Crippen LogP contribution in [0.1, 0.15) is 31.8 Å². The number of ether oxygens (including phenoxy) is 1. The van der Waals surface area contributed by atoms with Crippen LogP contribution in [0.15, 0.2) is 98.3 Å². The molecule has 48 heavy (non-hydrogen) atoms. The van der Waals surface area contributed by atoms with Gasteiger partial charge in [0.25, 0.3) is 35.9 Å². The van der Waals surface area contributed by atoms with Crippen LogP contribution in [0.3, 0.4) is 0 Å². The van der Waals surface area contributed by atoms with Gasteiger partial charge in [0.2, 0.25) is 0 Å². The first-order chi connectivity index (χ1) is 22.5. The van der Waals surface area contributed by atoms with Gasteiger partial charge in [0, 0.05) is 16.5 Å². The minimum absolute atomic E-state index is 0.0168. The topological polar surface area (TPSA) is 251 Å². The fraction of sp³-hybridized carbons (Fsp3) is 0.0333. The van der Waals surface area contributed by atoms with E-state index >= 15 is 0 Å². The molecule has 1 heterocycles. The predicted molar refractivity (Wildman–Crippen MR) is 168 cm³/mol. The number of para-hydroxylation sites is 1. The van der Waals surface area contributed by atoms with E-state index in [0.717, 1.165) is 24.3 Å². The number of carbonyl (C=O) groups excluding carboxylic acids is 2. The Hall–Kier alpha value is -5.24. The maximum absolute atomic E-state index is 14.0. The Morgan fingerprint density at radius 2 is 1.35 bits per heavy atom. The first kappa shape index (κ1) is 32.7. The summed E-state index contributed by atoms with van der Waals surface area (Å²) in [7, 11) is -14.6. The monoisotopic (exact) mass is 712 g/mol. The van der Waals surface area contributed by atoms with Gasteiger partial charge in [-0.2, -0.15) is 25.3 Å². The quantitative estimate of drug-likeness (QED) is 0.112. The molecular formula is C30H20N2O13S3. The Kier molecular flexibility index (Phi) is 7.81. The Morgan fingerprint density at radius 3 is 2.02 bits per heavy atom. The number of anilines is 2. The summed E-state index contributed by atoms with van der Waals surface area (Å²) in [5, 5.41) is 2.32. The molecule has 0 unspecified atom stereocenters. The van der Waals surface area contributed by atoms with Gasteiger partial charge in [0.1, 0.15) is 22.0 Å². The highest BCUT2D eigenvalue weighted by molar-refractivity contribution is 7.86. The molecule has 1 aliphatic carbocycles. The molecule has 0 bridgehead atoms. The molecule has 0 saturated heterocycles. The summed E-state index contributed by atoms with van der Waals surface area (Å²) in [6.45, 7) is -0.586. The molecular weight excluding hydrogens is 693 g/mol. The number of aromatic nitrogens is 1. The zero-order valence-corrected chi connectivity index (χ0v) is 26.3. The summed E-state index contributed by atoms with van der Waals surface area (Å²) < 4.78 is 107. The normalized spacial score (nSPS) is 12.9. The smallest absolute Gasteiger partial charge is 0.344 e. The molecule has 0 aliphatic heterocycles. The van der Waals surface area contributed by atoms with Gasteiger partial charge >= 0.3 is 5.97 Å². The molecule has 6 rings (SSSR count). The lowest BCUT2D eigenvalue weighted by atomic mass is 9.81. The third kappa shape index (κ3) is 5.76. The van der Waals surface area contributed by atoms with Crippen LogP contribution in [-0.4, -0.2) is 55.6 Å². The molecule has 15 nitrogen and oxygen atoms in total. The zero-order valence-electron chi connectivity index (χ0n) is 23.9. The molecule has 0 fully saturated rings. The number of hydrogen-bond acceptors (Lipinski definition) is 11. The van der Waals surface area contributed by atoms with Crippen molar-refractivity contribution in [3.8, 4) is 11.1 Å². The second-order valence-corrected chi connectivity index (χ2v) is 14.6. The van der Waals surface area contributed by atoms with Crippen LogP contribution in [-0.2, 0) is 41.7 Å². The van der Waals surface area contributed by atoms with Gasteiger partial charge < -0.3 is 15.0 Å². The van der Waals surface area contributed by atoms with Crippen molar-refractivity contribution < 1.29 is 53.2 Å².